The van der Waals surface area contributed by atoms with Crippen LogP contribution in [0.3, 0.4) is 0 Å². The number of piperidine rings is 1. The van der Waals surface area contributed by atoms with Crippen LogP contribution >= 0.6 is 0 Å². The van der Waals surface area contributed by atoms with Crippen LogP contribution in [0.1, 0.15) is 24.8 Å². The number of aliphatic hydroxyl groups excluding tert-OH is 1. The Morgan fingerprint density at radius 1 is 1.07 bits per heavy atom. The van der Waals surface area contributed by atoms with E-state index in [0.29, 0.717) is 17.9 Å². The average Bonchev–Trinajstić information content (AvgIpc) is 3.09. The van der Waals surface area contributed by atoms with Crippen molar-refractivity contribution in [2.24, 2.45) is 0 Å². The van der Waals surface area contributed by atoms with E-state index >= 15 is 0 Å². The summed E-state index contributed by atoms with van der Waals surface area (Å²) in [6.07, 6.45) is 3.00. The number of nitrogens with zero attached hydrogens (tertiary/aromatic N) is 1. The summed E-state index contributed by atoms with van der Waals surface area (Å²) in [5.74, 6) is 0. The number of carbonyl (C=O) groups is 1. The van der Waals surface area contributed by atoms with Gasteiger partial charge in [-0.3, -0.25) is 0 Å². The van der Waals surface area contributed by atoms with Crippen molar-refractivity contribution in [3.8, 4) is 0 Å². The number of carbonyl (C=O) groups excluding carboxylic acids is 1. The fourth-order valence-corrected chi connectivity index (χ4v) is 3.58. The molecule has 0 saturated carbocycles. The minimum atomic E-state index is -0.843. The molecule has 1 atom stereocenters. The molecule has 2 heterocycles. The molecule has 2 amide bonds. The summed E-state index contributed by atoms with van der Waals surface area (Å²) >= 11 is 0. The largest absolute Gasteiger partial charge is 0.372 e. The summed E-state index contributed by atoms with van der Waals surface area (Å²) in [7, 11) is 0. The van der Waals surface area contributed by atoms with Crippen molar-refractivity contribution in [1.82, 2.24) is 5.32 Å². The number of benzene rings is 2. The van der Waals surface area contributed by atoms with Gasteiger partial charge in [0, 0.05) is 25.3 Å². The highest BCUT2D eigenvalue weighted by molar-refractivity contribution is 5.97. The van der Waals surface area contributed by atoms with E-state index in [1.165, 1.54) is 24.9 Å². The van der Waals surface area contributed by atoms with Gasteiger partial charge in [-0.25, -0.2) is 4.79 Å². The van der Waals surface area contributed by atoms with Crippen LogP contribution in [0.2, 0.25) is 0 Å². The highest BCUT2D eigenvalue weighted by Gasteiger charge is 2.20. The van der Waals surface area contributed by atoms with Crippen molar-refractivity contribution in [2.45, 2.75) is 32.2 Å². The number of fused-ring (bicyclic) bond motifs is 1. The molecule has 0 bridgehead atoms. The second-order valence-electron chi connectivity index (χ2n) is 6.94. The normalized spacial score (nSPS) is 18.3. The van der Waals surface area contributed by atoms with E-state index in [1.54, 1.807) is 6.07 Å². The Morgan fingerprint density at radius 3 is 2.63 bits per heavy atom. The Hall–Kier alpha value is -2.93. The van der Waals surface area contributed by atoms with E-state index in [0.717, 1.165) is 24.3 Å². The Labute approximate surface area is 158 Å². The molecule has 0 aliphatic carbocycles. The van der Waals surface area contributed by atoms with Gasteiger partial charge < -0.3 is 31.3 Å². The van der Waals surface area contributed by atoms with Crippen molar-refractivity contribution in [2.75, 3.05) is 33.9 Å². The van der Waals surface area contributed by atoms with Gasteiger partial charge in [0.05, 0.1) is 17.1 Å². The van der Waals surface area contributed by atoms with Gasteiger partial charge in [0.2, 0.25) is 6.35 Å². The van der Waals surface area contributed by atoms with Gasteiger partial charge in [-0.15, -0.1) is 0 Å². The average molecular weight is 367 g/mol. The third kappa shape index (κ3) is 4.09. The lowest BCUT2D eigenvalue weighted by atomic mass is 10.1. The maximum absolute atomic E-state index is 12.2. The van der Waals surface area contributed by atoms with Gasteiger partial charge in [0.1, 0.15) is 0 Å². The zero-order valence-electron chi connectivity index (χ0n) is 15.2. The monoisotopic (exact) mass is 367 g/mol. The molecule has 1 fully saturated rings. The first-order valence-corrected chi connectivity index (χ1v) is 9.42. The minimum absolute atomic E-state index is 0.285. The van der Waals surface area contributed by atoms with Gasteiger partial charge in [0.25, 0.3) is 0 Å². The van der Waals surface area contributed by atoms with Crippen LogP contribution < -0.4 is 26.2 Å². The summed E-state index contributed by atoms with van der Waals surface area (Å²) in [5.41, 5.74) is 4.37. The molecule has 7 heteroatoms. The Morgan fingerprint density at radius 2 is 1.85 bits per heavy atom. The molecular formula is C20H25N5O2. The maximum Gasteiger partial charge on any atom is 0.319 e. The Bertz CT molecular complexity index is 803. The van der Waals surface area contributed by atoms with Crippen LogP contribution in [0, 0.1) is 0 Å². The number of hydrogen-bond donors (Lipinski definition) is 5. The van der Waals surface area contributed by atoms with Crippen LogP contribution in [0.5, 0.6) is 0 Å². The Balaban J connectivity index is 1.31. The summed E-state index contributed by atoms with van der Waals surface area (Å²) in [6.45, 7) is 2.70. The second-order valence-corrected chi connectivity index (χ2v) is 6.94. The minimum Gasteiger partial charge on any atom is -0.372 e. The van der Waals surface area contributed by atoms with Crippen molar-refractivity contribution >= 4 is 28.8 Å². The molecule has 142 valence electrons. The zero-order valence-corrected chi connectivity index (χ0v) is 15.2. The van der Waals surface area contributed by atoms with Crippen LogP contribution in [-0.4, -0.2) is 30.6 Å². The molecule has 2 aliphatic rings. The molecule has 1 saturated heterocycles. The first-order valence-electron chi connectivity index (χ1n) is 9.42. The lowest BCUT2D eigenvalue weighted by molar-refractivity contribution is 0.238. The second kappa shape index (κ2) is 7.75. The third-order valence-electron chi connectivity index (χ3n) is 5.00. The van der Waals surface area contributed by atoms with Gasteiger partial charge in [0.15, 0.2) is 0 Å². The fourth-order valence-electron chi connectivity index (χ4n) is 3.58. The number of urea groups is 1. The van der Waals surface area contributed by atoms with Gasteiger partial charge in [-0.05, 0) is 49.1 Å². The van der Waals surface area contributed by atoms with Crippen LogP contribution in [-0.2, 0) is 6.54 Å². The molecule has 0 aromatic heterocycles. The predicted octanol–water partition coefficient (Wildman–Crippen LogP) is 3.11. The standard InChI is InChI=1S/C20H25N5O2/c26-19(22-16-5-4-6-17-18(16)24-20(27)23-17)21-13-14-7-9-15(10-8-14)25-11-2-1-3-12-25/h4-10,20,23-24,27H,1-3,11-13H2,(H2,21,22,26). The molecule has 1 unspecified atom stereocenters. The van der Waals surface area contributed by atoms with E-state index in [-0.39, 0.29) is 6.03 Å². The zero-order chi connectivity index (χ0) is 18.6. The summed E-state index contributed by atoms with van der Waals surface area (Å²) in [6, 6.07) is 13.5. The lowest BCUT2D eigenvalue weighted by Gasteiger charge is -2.28. The lowest BCUT2D eigenvalue weighted by Crippen LogP contribution is -2.29. The van der Waals surface area contributed by atoms with Crippen LogP contribution in [0.15, 0.2) is 42.5 Å². The number of amides is 2. The van der Waals surface area contributed by atoms with Crippen molar-refractivity contribution in [3.63, 3.8) is 0 Å². The summed E-state index contributed by atoms with van der Waals surface area (Å²) in [4.78, 5) is 14.7. The molecule has 5 N–H and O–H groups in total. The van der Waals surface area contributed by atoms with Crippen molar-refractivity contribution < 1.29 is 9.90 Å². The van der Waals surface area contributed by atoms with Gasteiger partial charge in [-0.2, -0.15) is 0 Å². The molecule has 0 radical (unpaired) electrons. The smallest absolute Gasteiger partial charge is 0.319 e. The SMILES string of the molecule is O=C(NCc1ccc(N2CCCCC2)cc1)Nc1cccc2c1NC(O)N2. The highest BCUT2D eigenvalue weighted by Crippen LogP contribution is 2.35. The third-order valence-corrected chi connectivity index (χ3v) is 5.00. The predicted molar refractivity (Wildman–Crippen MR) is 108 cm³/mol. The topological polar surface area (TPSA) is 88.7 Å². The van der Waals surface area contributed by atoms with Crippen molar-refractivity contribution in [3.05, 3.63) is 48.0 Å². The van der Waals surface area contributed by atoms with E-state index in [9.17, 15) is 9.90 Å². The Kier molecular flexibility index (Phi) is 5.02. The van der Waals surface area contributed by atoms with Gasteiger partial charge in [-0.1, -0.05) is 18.2 Å². The number of para-hydroxylation sites is 1. The van der Waals surface area contributed by atoms with E-state index in [4.69, 9.17) is 0 Å². The number of hydrogen-bond acceptors (Lipinski definition) is 5. The van der Waals surface area contributed by atoms with Crippen LogP contribution in [0.4, 0.5) is 27.5 Å². The molecule has 2 aromatic carbocycles. The van der Waals surface area contributed by atoms with Gasteiger partial charge >= 0.3 is 6.03 Å². The number of aliphatic hydroxyl groups is 1. The molecule has 4 rings (SSSR count). The molecule has 2 aliphatic heterocycles. The summed E-state index contributed by atoms with van der Waals surface area (Å²) < 4.78 is 0. The first-order chi connectivity index (χ1) is 13.2. The maximum atomic E-state index is 12.2. The van der Waals surface area contributed by atoms with E-state index in [1.807, 2.05) is 12.1 Å². The fraction of sp³-hybridized carbons (Fsp3) is 0.350. The molecule has 7 nitrogen and oxygen atoms in total. The molecule has 0 spiro atoms. The van der Waals surface area contributed by atoms with E-state index in [2.05, 4.69) is 50.4 Å². The van der Waals surface area contributed by atoms with Crippen molar-refractivity contribution in [1.29, 1.82) is 0 Å². The number of anilines is 4. The number of rotatable bonds is 4. The summed E-state index contributed by atoms with van der Waals surface area (Å²) in [5, 5.41) is 21.1. The quantitative estimate of drug-likeness (QED) is 0.573. The highest BCUT2D eigenvalue weighted by atomic mass is 16.3. The number of nitrogens with one attached hydrogen (secondary N) is 4. The molecular weight excluding hydrogens is 342 g/mol. The first kappa shape index (κ1) is 17.5. The van der Waals surface area contributed by atoms with Crippen LogP contribution in [0.25, 0.3) is 0 Å². The van der Waals surface area contributed by atoms with E-state index < -0.39 is 6.35 Å². The molecule has 2 aromatic rings. The molecule has 27 heavy (non-hydrogen) atoms.